The summed E-state index contributed by atoms with van der Waals surface area (Å²) in [6, 6.07) is 14.7. The van der Waals surface area contributed by atoms with E-state index in [0.29, 0.717) is 5.92 Å². The van der Waals surface area contributed by atoms with Gasteiger partial charge in [-0.1, -0.05) is 34.1 Å². The van der Waals surface area contributed by atoms with Crippen LogP contribution in [0.4, 0.5) is 5.82 Å². The second-order valence-corrected chi connectivity index (χ2v) is 7.23. The summed E-state index contributed by atoms with van der Waals surface area (Å²) < 4.78 is 3.19. The fourth-order valence-corrected chi connectivity index (χ4v) is 3.86. The van der Waals surface area contributed by atoms with Crippen molar-refractivity contribution in [3.63, 3.8) is 0 Å². The molecule has 3 heterocycles. The SMILES string of the molecule is CCn1nc(-c2ccccn2)c2c1NCCCC2c1ccc(Br)cc1. The lowest BCUT2D eigenvalue weighted by atomic mass is 9.87. The van der Waals surface area contributed by atoms with Gasteiger partial charge in [0.25, 0.3) is 0 Å². The van der Waals surface area contributed by atoms with Crippen LogP contribution in [0.25, 0.3) is 11.4 Å². The van der Waals surface area contributed by atoms with Crippen molar-refractivity contribution in [1.29, 1.82) is 0 Å². The van der Waals surface area contributed by atoms with E-state index in [0.717, 1.165) is 47.6 Å². The first-order valence-corrected chi connectivity index (χ1v) is 9.58. The zero-order valence-corrected chi connectivity index (χ0v) is 15.8. The molecule has 25 heavy (non-hydrogen) atoms. The normalized spacial score (nSPS) is 16.8. The molecule has 1 N–H and O–H groups in total. The first-order valence-electron chi connectivity index (χ1n) is 8.79. The van der Waals surface area contributed by atoms with Crippen LogP contribution in [0.5, 0.6) is 0 Å². The number of hydrogen-bond donors (Lipinski definition) is 1. The number of benzene rings is 1. The van der Waals surface area contributed by atoms with Gasteiger partial charge >= 0.3 is 0 Å². The van der Waals surface area contributed by atoms with E-state index in [1.807, 2.05) is 24.4 Å². The molecule has 0 bridgehead atoms. The Bertz CT molecular complexity index is 855. The molecule has 0 aliphatic carbocycles. The van der Waals surface area contributed by atoms with Gasteiger partial charge in [-0.15, -0.1) is 0 Å². The van der Waals surface area contributed by atoms with Gasteiger partial charge in [0.2, 0.25) is 0 Å². The molecule has 0 spiro atoms. The van der Waals surface area contributed by atoms with Crippen molar-refractivity contribution in [2.24, 2.45) is 0 Å². The maximum atomic E-state index is 4.90. The Labute approximate surface area is 156 Å². The molecular weight excluding hydrogens is 376 g/mol. The van der Waals surface area contributed by atoms with Crippen LogP contribution in [0, 0.1) is 0 Å². The molecule has 1 atom stereocenters. The molecule has 5 heteroatoms. The molecule has 2 aromatic heterocycles. The first-order chi connectivity index (χ1) is 12.3. The van der Waals surface area contributed by atoms with Gasteiger partial charge in [-0.3, -0.25) is 4.98 Å². The Kier molecular flexibility index (Phi) is 4.57. The highest BCUT2D eigenvalue weighted by Crippen LogP contribution is 2.42. The molecule has 3 aromatic rings. The van der Waals surface area contributed by atoms with E-state index in [1.165, 1.54) is 11.1 Å². The summed E-state index contributed by atoms with van der Waals surface area (Å²) in [5, 5.41) is 8.51. The summed E-state index contributed by atoms with van der Waals surface area (Å²) in [6.45, 7) is 3.96. The van der Waals surface area contributed by atoms with Crippen LogP contribution in [-0.4, -0.2) is 21.3 Å². The van der Waals surface area contributed by atoms with Gasteiger partial charge in [0.15, 0.2) is 0 Å². The van der Waals surface area contributed by atoms with Crippen molar-refractivity contribution in [3.8, 4) is 11.4 Å². The predicted octanol–water partition coefficient (Wildman–Crippen LogP) is 5.07. The standard InChI is InChI=1S/C20H21BrN4/c1-2-25-20-18(19(24-25)17-7-3-4-12-22-17)16(6-5-13-23-20)14-8-10-15(21)11-9-14/h3-4,7-12,16,23H,2,5-6,13H2,1H3. The fourth-order valence-electron chi connectivity index (χ4n) is 3.60. The van der Waals surface area contributed by atoms with Gasteiger partial charge in [-0.2, -0.15) is 5.10 Å². The minimum atomic E-state index is 0.329. The lowest BCUT2D eigenvalue weighted by molar-refractivity contribution is 0.663. The fraction of sp³-hybridized carbons (Fsp3) is 0.300. The van der Waals surface area contributed by atoms with Gasteiger partial charge < -0.3 is 5.32 Å². The number of hydrogen-bond acceptors (Lipinski definition) is 3. The summed E-state index contributed by atoms with van der Waals surface area (Å²) in [5.74, 6) is 1.48. The van der Waals surface area contributed by atoms with Gasteiger partial charge in [-0.25, -0.2) is 4.68 Å². The second kappa shape index (κ2) is 7.00. The number of nitrogens with zero attached hydrogens (tertiary/aromatic N) is 3. The quantitative estimate of drug-likeness (QED) is 0.672. The maximum Gasteiger partial charge on any atom is 0.128 e. The lowest BCUT2D eigenvalue weighted by Crippen LogP contribution is -2.07. The number of rotatable bonds is 3. The summed E-state index contributed by atoms with van der Waals surface area (Å²) in [4.78, 5) is 4.57. The van der Waals surface area contributed by atoms with Crippen LogP contribution < -0.4 is 5.32 Å². The Balaban J connectivity index is 1.91. The summed E-state index contributed by atoms with van der Waals surface area (Å²) in [7, 11) is 0. The van der Waals surface area contributed by atoms with Gasteiger partial charge in [0.05, 0.1) is 5.69 Å². The van der Waals surface area contributed by atoms with Crippen molar-refractivity contribution < 1.29 is 0 Å². The number of halogens is 1. The molecule has 0 amide bonds. The zero-order valence-electron chi connectivity index (χ0n) is 14.2. The van der Waals surface area contributed by atoms with Crippen LogP contribution in [-0.2, 0) is 6.54 Å². The molecule has 0 fully saturated rings. The van der Waals surface area contributed by atoms with Gasteiger partial charge in [0, 0.05) is 35.2 Å². The van der Waals surface area contributed by atoms with Crippen LogP contribution in [0.3, 0.4) is 0 Å². The van der Waals surface area contributed by atoms with Crippen molar-refractivity contribution in [1.82, 2.24) is 14.8 Å². The number of fused-ring (bicyclic) bond motifs is 1. The Hall–Kier alpha value is -2.14. The topological polar surface area (TPSA) is 42.7 Å². The Morgan fingerprint density at radius 2 is 2.04 bits per heavy atom. The summed E-state index contributed by atoms with van der Waals surface area (Å²) >= 11 is 3.54. The highest BCUT2D eigenvalue weighted by molar-refractivity contribution is 9.10. The highest BCUT2D eigenvalue weighted by atomic mass is 79.9. The predicted molar refractivity (Wildman–Crippen MR) is 105 cm³/mol. The third-order valence-corrected chi connectivity index (χ3v) is 5.31. The summed E-state index contributed by atoms with van der Waals surface area (Å²) in [6.07, 6.45) is 4.09. The molecule has 1 aromatic carbocycles. The van der Waals surface area contributed by atoms with Crippen molar-refractivity contribution in [3.05, 3.63) is 64.3 Å². The number of pyridine rings is 1. The lowest BCUT2D eigenvalue weighted by Gasteiger charge is -2.17. The van der Waals surface area contributed by atoms with E-state index in [1.54, 1.807) is 0 Å². The van der Waals surface area contributed by atoms with Gasteiger partial charge in [-0.05, 0) is 49.6 Å². The number of nitrogens with one attached hydrogen (secondary N) is 1. The van der Waals surface area contributed by atoms with Crippen LogP contribution in [0.2, 0.25) is 0 Å². The number of aromatic nitrogens is 3. The van der Waals surface area contributed by atoms with Crippen molar-refractivity contribution in [2.45, 2.75) is 32.2 Å². The molecule has 1 aliphatic rings. The highest BCUT2D eigenvalue weighted by Gasteiger charge is 2.29. The summed E-state index contributed by atoms with van der Waals surface area (Å²) in [5.41, 5.74) is 4.55. The average Bonchev–Trinajstić information content (AvgIpc) is 2.88. The average molecular weight is 397 g/mol. The van der Waals surface area contributed by atoms with Crippen molar-refractivity contribution >= 4 is 21.7 Å². The van der Waals surface area contributed by atoms with E-state index in [9.17, 15) is 0 Å². The van der Waals surface area contributed by atoms with Crippen LogP contribution in [0.1, 0.15) is 36.8 Å². The maximum absolute atomic E-state index is 4.90. The molecule has 0 saturated carbocycles. The third-order valence-electron chi connectivity index (χ3n) is 4.78. The molecule has 0 radical (unpaired) electrons. The monoisotopic (exact) mass is 396 g/mol. The minimum Gasteiger partial charge on any atom is -0.370 e. The Morgan fingerprint density at radius 1 is 1.20 bits per heavy atom. The number of anilines is 1. The molecule has 0 saturated heterocycles. The first kappa shape index (κ1) is 16.3. The molecule has 4 nitrogen and oxygen atoms in total. The van der Waals surface area contributed by atoms with E-state index >= 15 is 0 Å². The van der Waals surface area contributed by atoms with E-state index in [-0.39, 0.29) is 0 Å². The van der Waals surface area contributed by atoms with Crippen LogP contribution in [0.15, 0.2) is 53.1 Å². The third kappa shape index (κ3) is 3.09. The molecule has 128 valence electrons. The number of aryl methyl sites for hydroxylation is 1. The smallest absolute Gasteiger partial charge is 0.128 e. The molecule has 1 aliphatic heterocycles. The van der Waals surface area contributed by atoms with E-state index in [2.05, 4.69) is 62.1 Å². The van der Waals surface area contributed by atoms with Gasteiger partial charge in [0.1, 0.15) is 11.5 Å². The second-order valence-electron chi connectivity index (χ2n) is 6.31. The zero-order chi connectivity index (χ0) is 17.2. The molecular formula is C20H21BrN4. The van der Waals surface area contributed by atoms with E-state index in [4.69, 9.17) is 5.10 Å². The van der Waals surface area contributed by atoms with Crippen molar-refractivity contribution in [2.75, 3.05) is 11.9 Å². The van der Waals surface area contributed by atoms with E-state index < -0.39 is 0 Å². The molecule has 1 unspecified atom stereocenters. The molecule has 4 rings (SSSR count). The minimum absolute atomic E-state index is 0.329. The Morgan fingerprint density at radius 3 is 2.76 bits per heavy atom. The largest absolute Gasteiger partial charge is 0.370 e. The van der Waals surface area contributed by atoms with Crippen LogP contribution >= 0.6 is 15.9 Å².